The van der Waals surface area contributed by atoms with Gasteiger partial charge in [0.15, 0.2) is 0 Å². The first kappa shape index (κ1) is 12.4. The fraction of sp³-hybridized carbons (Fsp3) is 1.00. The smallest absolute Gasteiger partial charge is 0.00203 e. The minimum absolute atomic E-state index is 0.536. The van der Waals surface area contributed by atoms with Gasteiger partial charge in [-0.05, 0) is 43.1 Å². The molecule has 0 aromatic heterocycles. The molecule has 2 unspecified atom stereocenters. The van der Waals surface area contributed by atoms with Crippen molar-refractivity contribution in [1.29, 1.82) is 0 Å². The summed E-state index contributed by atoms with van der Waals surface area (Å²) in [6, 6.07) is 0. The lowest BCUT2D eigenvalue weighted by Gasteiger charge is -2.42. The molecule has 0 aromatic carbocycles. The third-order valence-corrected chi connectivity index (χ3v) is 5.25. The summed E-state index contributed by atoms with van der Waals surface area (Å²) in [4.78, 5) is 0. The van der Waals surface area contributed by atoms with Gasteiger partial charge >= 0.3 is 0 Å². The van der Waals surface area contributed by atoms with Gasteiger partial charge in [0.1, 0.15) is 0 Å². The molecule has 0 heterocycles. The minimum atomic E-state index is 0.536. The van der Waals surface area contributed by atoms with Crippen molar-refractivity contribution in [2.24, 2.45) is 23.0 Å². The maximum Gasteiger partial charge on any atom is -0.00203 e. The van der Waals surface area contributed by atoms with E-state index < -0.39 is 0 Å². The van der Waals surface area contributed by atoms with Crippen LogP contribution in [0.3, 0.4) is 0 Å². The molecule has 1 nitrogen and oxygen atoms in total. The Morgan fingerprint density at radius 3 is 2.38 bits per heavy atom. The SMILES string of the molecule is CCC1CCCC(CN)(CC2CCCC2)C1. The van der Waals surface area contributed by atoms with Crippen molar-refractivity contribution < 1.29 is 0 Å². The van der Waals surface area contributed by atoms with Crippen molar-refractivity contribution in [3.8, 4) is 0 Å². The molecule has 0 bridgehead atoms. The van der Waals surface area contributed by atoms with Crippen molar-refractivity contribution in [2.45, 2.75) is 71.1 Å². The van der Waals surface area contributed by atoms with Crippen molar-refractivity contribution in [3.05, 3.63) is 0 Å². The molecule has 0 aliphatic heterocycles. The standard InChI is InChI=1S/C15H29N/c1-2-13-8-5-9-15(10-13,12-16)11-14-6-3-4-7-14/h13-14H,2-12,16H2,1H3. The van der Waals surface area contributed by atoms with Crippen molar-refractivity contribution in [3.63, 3.8) is 0 Å². The summed E-state index contributed by atoms with van der Waals surface area (Å²) in [5, 5.41) is 0. The van der Waals surface area contributed by atoms with Crippen LogP contribution in [-0.2, 0) is 0 Å². The molecule has 0 radical (unpaired) electrons. The molecular weight excluding hydrogens is 194 g/mol. The fourth-order valence-electron chi connectivity index (χ4n) is 4.21. The van der Waals surface area contributed by atoms with Crippen LogP contribution in [0.5, 0.6) is 0 Å². The first-order valence-corrected chi connectivity index (χ1v) is 7.48. The molecule has 2 rings (SSSR count). The van der Waals surface area contributed by atoms with E-state index in [1.807, 2.05) is 0 Å². The van der Waals surface area contributed by atoms with Crippen LogP contribution in [-0.4, -0.2) is 6.54 Å². The molecule has 2 N–H and O–H groups in total. The molecule has 0 spiro atoms. The second kappa shape index (κ2) is 5.53. The number of rotatable bonds is 4. The summed E-state index contributed by atoms with van der Waals surface area (Å²) < 4.78 is 0. The second-order valence-corrected chi connectivity index (χ2v) is 6.43. The maximum absolute atomic E-state index is 6.13. The fourth-order valence-corrected chi connectivity index (χ4v) is 4.21. The van der Waals surface area contributed by atoms with Crippen LogP contribution in [0.4, 0.5) is 0 Å². The highest BCUT2D eigenvalue weighted by molar-refractivity contribution is 4.89. The first-order chi connectivity index (χ1) is 7.78. The number of hydrogen-bond donors (Lipinski definition) is 1. The van der Waals surface area contributed by atoms with E-state index in [1.54, 1.807) is 0 Å². The topological polar surface area (TPSA) is 26.0 Å². The first-order valence-electron chi connectivity index (χ1n) is 7.48. The number of hydrogen-bond acceptors (Lipinski definition) is 1. The third kappa shape index (κ3) is 2.80. The molecule has 94 valence electrons. The Hall–Kier alpha value is -0.0400. The highest BCUT2D eigenvalue weighted by Gasteiger charge is 2.36. The van der Waals surface area contributed by atoms with Crippen LogP contribution in [0.1, 0.15) is 71.1 Å². The Morgan fingerprint density at radius 1 is 1.06 bits per heavy atom. The molecular formula is C15H29N. The molecule has 2 fully saturated rings. The minimum Gasteiger partial charge on any atom is -0.330 e. The van der Waals surface area contributed by atoms with Crippen molar-refractivity contribution in [1.82, 2.24) is 0 Å². The highest BCUT2D eigenvalue weighted by Crippen LogP contribution is 2.46. The molecule has 2 aliphatic carbocycles. The van der Waals surface area contributed by atoms with Gasteiger partial charge in [-0.1, -0.05) is 51.9 Å². The summed E-state index contributed by atoms with van der Waals surface area (Å²) in [5.41, 5.74) is 6.67. The van der Waals surface area contributed by atoms with E-state index in [9.17, 15) is 0 Å². The zero-order valence-electron chi connectivity index (χ0n) is 11.0. The molecule has 2 saturated carbocycles. The lowest BCUT2D eigenvalue weighted by molar-refractivity contribution is 0.109. The Balaban J connectivity index is 1.94. The van der Waals surface area contributed by atoms with Crippen LogP contribution in [0.2, 0.25) is 0 Å². The van der Waals surface area contributed by atoms with E-state index in [0.717, 1.165) is 18.4 Å². The highest BCUT2D eigenvalue weighted by atomic mass is 14.6. The Morgan fingerprint density at radius 2 is 1.75 bits per heavy atom. The van der Waals surface area contributed by atoms with Crippen LogP contribution in [0.15, 0.2) is 0 Å². The molecule has 0 amide bonds. The Kier molecular flexibility index (Phi) is 4.29. The monoisotopic (exact) mass is 223 g/mol. The molecule has 0 aromatic rings. The van der Waals surface area contributed by atoms with Crippen LogP contribution < -0.4 is 5.73 Å². The zero-order valence-corrected chi connectivity index (χ0v) is 11.0. The number of nitrogens with two attached hydrogens (primary N) is 1. The normalized spacial score (nSPS) is 36.8. The summed E-state index contributed by atoms with van der Waals surface area (Å²) in [5.74, 6) is 1.98. The summed E-state index contributed by atoms with van der Waals surface area (Å²) >= 11 is 0. The summed E-state index contributed by atoms with van der Waals surface area (Å²) in [6.07, 6.45) is 14.5. The molecule has 1 heteroatoms. The summed E-state index contributed by atoms with van der Waals surface area (Å²) in [7, 11) is 0. The predicted molar refractivity (Wildman–Crippen MR) is 70.3 cm³/mol. The van der Waals surface area contributed by atoms with Gasteiger partial charge < -0.3 is 5.73 Å². The van der Waals surface area contributed by atoms with Gasteiger partial charge in [0.25, 0.3) is 0 Å². The van der Waals surface area contributed by atoms with Gasteiger partial charge in [-0.2, -0.15) is 0 Å². The average Bonchev–Trinajstić information content (AvgIpc) is 2.82. The quantitative estimate of drug-likeness (QED) is 0.762. The predicted octanol–water partition coefficient (Wildman–Crippen LogP) is 4.11. The van der Waals surface area contributed by atoms with E-state index in [-0.39, 0.29) is 0 Å². The van der Waals surface area contributed by atoms with Gasteiger partial charge in [0.05, 0.1) is 0 Å². The van der Waals surface area contributed by atoms with Crippen LogP contribution in [0.25, 0.3) is 0 Å². The van der Waals surface area contributed by atoms with Gasteiger partial charge in [-0.25, -0.2) is 0 Å². The van der Waals surface area contributed by atoms with E-state index in [1.165, 1.54) is 64.2 Å². The second-order valence-electron chi connectivity index (χ2n) is 6.43. The van der Waals surface area contributed by atoms with Gasteiger partial charge in [-0.3, -0.25) is 0 Å². The van der Waals surface area contributed by atoms with Crippen molar-refractivity contribution in [2.75, 3.05) is 6.54 Å². The van der Waals surface area contributed by atoms with Gasteiger partial charge in [0.2, 0.25) is 0 Å². The van der Waals surface area contributed by atoms with Crippen LogP contribution >= 0.6 is 0 Å². The molecule has 0 saturated heterocycles. The molecule has 16 heavy (non-hydrogen) atoms. The lowest BCUT2D eigenvalue weighted by atomic mass is 9.65. The van der Waals surface area contributed by atoms with E-state index in [4.69, 9.17) is 5.73 Å². The van der Waals surface area contributed by atoms with Gasteiger partial charge in [0, 0.05) is 0 Å². The zero-order chi connectivity index (χ0) is 11.4. The van der Waals surface area contributed by atoms with Gasteiger partial charge in [-0.15, -0.1) is 0 Å². The van der Waals surface area contributed by atoms with Crippen molar-refractivity contribution >= 4 is 0 Å². The maximum atomic E-state index is 6.13. The van der Waals surface area contributed by atoms with Crippen LogP contribution in [0, 0.1) is 17.3 Å². The van der Waals surface area contributed by atoms with E-state index in [0.29, 0.717) is 5.41 Å². The summed E-state index contributed by atoms with van der Waals surface area (Å²) in [6.45, 7) is 3.30. The van der Waals surface area contributed by atoms with E-state index >= 15 is 0 Å². The third-order valence-electron chi connectivity index (χ3n) is 5.25. The Labute approximate surface area is 101 Å². The molecule has 2 aliphatic rings. The largest absolute Gasteiger partial charge is 0.330 e. The molecule has 2 atom stereocenters. The Bertz CT molecular complexity index is 207. The van der Waals surface area contributed by atoms with E-state index in [2.05, 4.69) is 6.92 Å². The lowest BCUT2D eigenvalue weighted by Crippen LogP contribution is -2.37. The average molecular weight is 223 g/mol.